The third-order valence-corrected chi connectivity index (χ3v) is 0. The third-order valence-electron chi connectivity index (χ3n) is 0. The van der Waals surface area contributed by atoms with Crippen LogP contribution in [0.4, 0.5) is 0 Å². The fourth-order valence-electron chi connectivity index (χ4n) is 0. The maximum atomic E-state index is 8.74. The summed E-state index contributed by atoms with van der Waals surface area (Å²) in [6, 6.07) is 0. The van der Waals surface area contributed by atoms with Crippen LogP contribution in [0.5, 0.6) is 0 Å². The Morgan fingerprint density at radius 2 is 1.10 bits per heavy atom. The number of hydrogen-bond acceptors (Lipinski definition) is 3. The largest absolute Gasteiger partial charge is 0.761 e. The first-order valence-corrected chi connectivity index (χ1v) is 4.05. The molecule has 0 fully saturated rings. The molecule has 0 aromatic carbocycles. The summed E-state index contributed by atoms with van der Waals surface area (Å²) in [4.78, 5) is 14.3. The van der Waals surface area contributed by atoms with Crippen molar-refractivity contribution in [2.24, 2.45) is 0 Å². The van der Waals surface area contributed by atoms with Crippen molar-refractivity contribution in [3.8, 4) is 0 Å². The van der Waals surface area contributed by atoms with Gasteiger partial charge in [-0.25, -0.2) is 0 Å². The number of rotatable bonds is 0. The second kappa shape index (κ2) is 7.22. The van der Waals surface area contributed by atoms with Crippen molar-refractivity contribution in [1.82, 2.24) is 0 Å². The molecular weight excluding hydrogens is 238 g/mol. The second-order valence-corrected chi connectivity index (χ2v) is 2.19. The molecule has 0 aromatic rings. The first-order chi connectivity index (χ1) is 3.73. The van der Waals surface area contributed by atoms with Gasteiger partial charge in [-0.2, -0.15) is 8.42 Å². The molecule has 0 heterocycles. The molecule has 0 amide bonds. The molecular formula is H4O7SSiZn. The van der Waals surface area contributed by atoms with Gasteiger partial charge >= 0.3 is 19.6 Å². The van der Waals surface area contributed by atoms with E-state index >= 15 is 0 Å². The minimum Gasteiger partial charge on any atom is -0.511 e. The molecule has 10 heteroatoms. The van der Waals surface area contributed by atoms with Crippen molar-refractivity contribution >= 4 is 19.6 Å². The van der Waals surface area contributed by atoms with Gasteiger partial charge in [-0.1, -0.05) is 0 Å². The average Bonchev–Trinajstić information content (AvgIpc) is 1.19. The van der Waals surface area contributed by atoms with Crippen LogP contribution in [0.25, 0.3) is 0 Å². The molecule has 0 aliphatic rings. The monoisotopic (exact) mass is 240 g/mol. The van der Waals surface area contributed by atoms with E-state index in [-0.39, 0.29) is 19.5 Å². The van der Waals surface area contributed by atoms with Crippen LogP contribution in [0.15, 0.2) is 0 Å². The van der Waals surface area contributed by atoms with Gasteiger partial charge in [0.15, 0.2) is 0 Å². The Morgan fingerprint density at radius 3 is 1.10 bits per heavy atom. The van der Waals surface area contributed by atoms with Crippen molar-refractivity contribution in [1.29, 1.82) is 0 Å². The summed E-state index contributed by atoms with van der Waals surface area (Å²) in [5.74, 6) is 0. The SMILES string of the molecule is O=S(=O)(O)O.O=[Si](O)O.[Zn]. The Morgan fingerprint density at radius 1 is 1.10 bits per heavy atom. The van der Waals surface area contributed by atoms with Crippen LogP contribution in [0.3, 0.4) is 0 Å². The standard InChI is InChI=1S/H2O4S.H2O3Si.Zn/c1-5(2,3)4;1-4(2)3;/h(H2,1,2,3,4);1-2H;. The third kappa shape index (κ3) is 33700. The van der Waals surface area contributed by atoms with Gasteiger partial charge in [0.1, 0.15) is 0 Å². The average molecular weight is 242 g/mol. The van der Waals surface area contributed by atoms with Crippen molar-refractivity contribution in [3.05, 3.63) is 0 Å². The normalized spacial score (nSPS) is 8.20. The zero-order valence-corrected chi connectivity index (χ0v) is 9.41. The molecule has 10 heavy (non-hydrogen) atoms. The Bertz CT molecular complexity index is 156. The first kappa shape index (κ1) is 16.6. The van der Waals surface area contributed by atoms with E-state index in [2.05, 4.69) is 0 Å². The van der Waals surface area contributed by atoms with Crippen molar-refractivity contribution < 1.29 is 51.1 Å². The predicted molar refractivity (Wildman–Crippen MR) is 25.1 cm³/mol. The molecule has 0 radical (unpaired) electrons. The summed E-state index contributed by atoms with van der Waals surface area (Å²) < 4.78 is 40.3. The summed E-state index contributed by atoms with van der Waals surface area (Å²) in [6.07, 6.45) is 0. The summed E-state index contributed by atoms with van der Waals surface area (Å²) in [7, 11) is -7.80. The molecule has 0 aliphatic carbocycles. The molecule has 0 spiro atoms. The minimum atomic E-state index is -4.67. The van der Waals surface area contributed by atoms with Gasteiger partial charge in [0.05, 0.1) is 0 Å². The van der Waals surface area contributed by atoms with Crippen molar-refractivity contribution in [2.75, 3.05) is 0 Å². The summed E-state index contributed by atoms with van der Waals surface area (Å²) in [5.41, 5.74) is 0. The van der Waals surface area contributed by atoms with E-state index in [1.807, 2.05) is 0 Å². The molecule has 0 bridgehead atoms. The smallest absolute Gasteiger partial charge is 0.511 e. The van der Waals surface area contributed by atoms with E-state index < -0.39 is 19.6 Å². The van der Waals surface area contributed by atoms with Crippen molar-refractivity contribution in [2.45, 2.75) is 0 Å². The maximum Gasteiger partial charge on any atom is 0.761 e. The second-order valence-electron chi connectivity index (χ2n) is 0.730. The van der Waals surface area contributed by atoms with Gasteiger partial charge in [-0.15, -0.1) is 0 Å². The van der Waals surface area contributed by atoms with Crippen LogP contribution in [0, 0.1) is 0 Å². The van der Waals surface area contributed by atoms with Gasteiger partial charge in [-0.05, 0) is 0 Å². The zero-order valence-electron chi connectivity index (χ0n) is 4.63. The Kier molecular flexibility index (Phi) is 12.0. The predicted octanol–water partition coefficient (Wildman–Crippen LogP) is -2.27. The summed E-state index contributed by atoms with van der Waals surface area (Å²) in [5, 5.41) is 0. The topological polar surface area (TPSA) is 132 Å². The van der Waals surface area contributed by atoms with E-state index in [0.29, 0.717) is 0 Å². The molecule has 58 valence electrons. The quantitative estimate of drug-likeness (QED) is 0.278. The molecule has 0 saturated carbocycles. The summed E-state index contributed by atoms with van der Waals surface area (Å²) >= 11 is 0. The molecule has 0 aromatic heterocycles. The molecule has 0 unspecified atom stereocenters. The van der Waals surface area contributed by atoms with Gasteiger partial charge in [0.25, 0.3) is 0 Å². The molecule has 0 aliphatic heterocycles. The Labute approximate surface area is 70.9 Å². The van der Waals surface area contributed by atoms with Crippen LogP contribution >= 0.6 is 0 Å². The van der Waals surface area contributed by atoms with Gasteiger partial charge in [0.2, 0.25) is 0 Å². The van der Waals surface area contributed by atoms with E-state index in [1.54, 1.807) is 0 Å². The Hall–Kier alpha value is 0.110. The van der Waals surface area contributed by atoms with Crippen LogP contribution in [0.2, 0.25) is 0 Å². The van der Waals surface area contributed by atoms with E-state index in [4.69, 9.17) is 31.6 Å². The van der Waals surface area contributed by atoms with Gasteiger partial charge in [-0.3, -0.25) is 13.6 Å². The molecule has 4 N–H and O–H groups in total. The van der Waals surface area contributed by atoms with Crippen molar-refractivity contribution in [3.63, 3.8) is 0 Å². The maximum absolute atomic E-state index is 8.74. The van der Waals surface area contributed by atoms with Gasteiger partial charge in [0, 0.05) is 19.5 Å². The summed E-state index contributed by atoms with van der Waals surface area (Å²) in [6.45, 7) is 0. The van der Waals surface area contributed by atoms with Crippen LogP contribution < -0.4 is 0 Å². The molecule has 0 rings (SSSR count). The van der Waals surface area contributed by atoms with Crippen LogP contribution in [0.1, 0.15) is 0 Å². The van der Waals surface area contributed by atoms with Crippen LogP contribution in [-0.4, -0.2) is 36.3 Å². The van der Waals surface area contributed by atoms with E-state index in [9.17, 15) is 0 Å². The van der Waals surface area contributed by atoms with E-state index in [1.165, 1.54) is 0 Å². The van der Waals surface area contributed by atoms with E-state index in [0.717, 1.165) is 0 Å². The fraction of sp³-hybridized carbons (Fsp3) is 0. The van der Waals surface area contributed by atoms with Gasteiger partial charge < -0.3 is 9.59 Å². The minimum absolute atomic E-state index is 0. The molecule has 0 saturated heterocycles. The number of hydrogen-bond donors (Lipinski definition) is 4. The first-order valence-electron chi connectivity index (χ1n) is 1.35. The zero-order chi connectivity index (χ0) is 8.08. The fourth-order valence-corrected chi connectivity index (χ4v) is 0. The molecule has 0 atom stereocenters. The Balaban J connectivity index is -0.0000000910. The molecule has 7 nitrogen and oxygen atoms in total. The van der Waals surface area contributed by atoms with Crippen LogP contribution in [-0.2, 0) is 34.3 Å².